The third kappa shape index (κ3) is 8.51. The minimum absolute atomic E-state index is 0.0278. The molecular formula is C25H36F2N6. The van der Waals surface area contributed by atoms with Gasteiger partial charge in [0.1, 0.15) is 0 Å². The molecule has 1 fully saturated rings. The van der Waals surface area contributed by atoms with E-state index in [2.05, 4.69) is 27.0 Å². The summed E-state index contributed by atoms with van der Waals surface area (Å²) in [6, 6.07) is 5.89. The van der Waals surface area contributed by atoms with Gasteiger partial charge in [-0.2, -0.15) is 0 Å². The van der Waals surface area contributed by atoms with Gasteiger partial charge in [0.25, 0.3) is 0 Å². The van der Waals surface area contributed by atoms with E-state index in [0.717, 1.165) is 39.8 Å². The number of aryl methyl sites for hydroxylation is 1. The van der Waals surface area contributed by atoms with Crippen LogP contribution in [0.4, 0.5) is 20.4 Å². The number of nitrogens with zero attached hydrogens (tertiary/aromatic N) is 5. The Hall–Kier alpha value is -2.90. The zero-order valence-electron chi connectivity index (χ0n) is 20.4. The Balaban J connectivity index is 0.000000264. The van der Waals surface area contributed by atoms with Crippen molar-refractivity contribution >= 4 is 22.9 Å². The monoisotopic (exact) mass is 458 g/mol. The van der Waals surface area contributed by atoms with E-state index in [1.54, 1.807) is 10.7 Å². The predicted molar refractivity (Wildman–Crippen MR) is 132 cm³/mol. The fraction of sp³-hybridized carbons (Fsp3) is 0.520. The molecule has 0 unspecified atom stereocenters. The van der Waals surface area contributed by atoms with E-state index >= 15 is 0 Å². The molecule has 0 bridgehead atoms. The lowest BCUT2D eigenvalue weighted by atomic mass is 9.91. The van der Waals surface area contributed by atoms with Gasteiger partial charge in [0.15, 0.2) is 0 Å². The summed E-state index contributed by atoms with van der Waals surface area (Å²) in [7, 11) is 0. The number of nitrogen functional groups attached to an aromatic ring is 1. The van der Waals surface area contributed by atoms with Crippen molar-refractivity contribution in [3.8, 4) is 11.3 Å². The number of aromatic nitrogens is 4. The maximum Gasteiger partial charge on any atom is 0.238 e. The molecule has 33 heavy (non-hydrogen) atoms. The first-order chi connectivity index (χ1) is 15.7. The fourth-order valence-corrected chi connectivity index (χ4v) is 3.50. The Bertz CT molecular complexity index is 1030. The second-order valence-corrected chi connectivity index (χ2v) is 8.58. The normalized spacial score (nSPS) is 13.7. The van der Waals surface area contributed by atoms with Crippen LogP contribution in [-0.4, -0.2) is 31.7 Å². The topological polar surface area (TPSA) is 81.5 Å². The summed E-state index contributed by atoms with van der Waals surface area (Å²) in [6.45, 7) is 9.70. The summed E-state index contributed by atoms with van der Waals surface area (Å²) in [4.78, 5) is 13.1. The summed E-state index contributed by atoms with van der Waals surface area (Å²) in [5, 5.41) is 4.13. The molecule has 1 aliphatic carbocycles. The lowest BCUT2D eigenvalue weighted by Gasteiger charge is -2.15. The molecule has 6 nitrogen and oxygen atoms in total. The number of rotatable bonds is 3. The summed E-state index contributed by atoms with van der Waals surface area (Å²) in [5.41, 5.74) is 11.1. The number of hydrogen-bond donors (Lipinski definition) is 1. The third-order valence-electron chi connectivity index (χ3n) is 5.31. The Morgan fingerprint density at radius 3 is 2.36 bits per heavy atom. The molecule has 1 saturated carbocycles. The molecule has 0 radical (unpaired) electrons. The summed E-state index contributed by atoms with van der Waals surface area (Å²) in [6.07, 6.45) is 8.85. The molecule has 0 amide bonds. The van der Waals surface area contributed by atoms with E-state index in [9.17, 15) is 8.78 Å². The smallest absolute Gasteiger partial charge is 0.238 e. The number of anilines is 1. The lowest BCUT2D eigenvalue weighted by molar-refractivity contribution is 0.144. The van der Waals surface area contributed by atoms with Crippen molar-refractivity contribution in [3.05, 3.63) is 36.3 Å². The molecular weight excluding hydrogens is 422 g/mol. The average molecular weight is 459 g/mol. The van der Waals surface area contributed by atoms with Crippen molar-refractivity contribution in [2.45, 2.75) is 79.6 Å². The Morgan fingerprint density at radius 1 is 1.18 bits per heavy atom. The Morgan fingerprint density at radius 2 is 1.85 bits per heavy atom. The van der Waals surface area contributed by atoms with Crippen LogP contribution in [0, 0.1) is 12.8 Å². The molecule has 3 aromatic rings. The molecule has 180 valence electrons. The zero-order valence-corrected chi connectivity index (χ0v) is 20.4. The van der Waals surface area contributed by atoms with Gasteiger partial charge in [-0.25, -0.2) is 18.3 Å². The van der Waals surface area contributed by atoms with Crippen molar-refractivity contribution in [3.63, 3.8) is 0 Å². The number of alkyl halides is 2. The largest absolute Gasteiger partial charge is 0.367 e. The van der Waals surface area contributed by atoms with E-state index in [1.165, 1.54) is 39.0 Å². The van der Waals surface area contributed by atoms with Crippen LogP contribution in [0.2, 0.25) is 0 Å². The highest BCUT2D eigenvalue weighted by Crippen LogP contribution is 2.27. The minimum Gasteiger partial charge on any atom is -0.367 e. The first-order valence-corrected chi connectivity index (χ1v) is 11.6. The molecule has 0 atom stereocenters. The van der Waals surface area contributed by atoms with E-state index in [0.29, 0.717) is 0 Å². The highest BCUT2D eigenvalue weighted by molar-refractivity contribution is 5.83. The molecule has 0 spiro atoms. The molecule has 2 N–H and O–H groups in total. The van der Waals surface area contributed by atoms with Crippen molar-refractivity contribution in [1.82, 2.24) is 19.6 Å². The van der Waals surface area contributed by atoms with Crippen LogP contribution in [0.25, 0.3) is 16.8 Å². The van der Waals surface area contributed by atoms with Crippen LogP contribution >= 0.6 is 0 Å². The van der Waals surface area contributed by atoms with Gasteiger partial charge < -0.3 is 5.73 Å². The number of aliphatic imine (C=N–C) groups is 1. The van der Waals surface area contributed by atoms with Crippen LogP contribution in [0.3, 0.4) is 0 Å². The second-order valence-electron chi connectivity index (χ2n) is 8.58. The highest BCUT2D eigenvalue weighted by atomic mass is 19.3. The van der Waals surface area contributed by atoms with Crippen molar-refractivity contribution < 1.29 is 8.78 Å². The van der Waals surface area contributed by atoms with Crippen LogP contribution in [0.15, 0.2) is 35.6 Å². The van der Waals surface area contributed by atoms with Crippen LogP contribution in [0.1, 0.15) is 71.9 Å². The van der Waals surface area contributed by atoms with E-state index in [4.69, 9.17) is 5.73 Å². The molecule has 8 heteroatoms. The number of hydrogen-bond acceptors (Lipinski definition) is 5. The van der Waals surface area contributed by atoms with E-state index in [1.807, 2.05) is 45.2 Å². The van der Waals surface area contributed by atoms with Crippen molar-refractivity contribution in [2.75, 3.05) is 5.73 Å². The van der Waals surface area contributed by atoms with E-state index in [-0.39, 0.29) is 12.4 Å². The number of fused-ring (bicyclic) bond motifs is 1. The van der Waals surface area contributed by atoms with Gasteiger partial charge in [0.05, 0.1) is 28.8 Å². The third-order valence-corrected chi connectivity index (χ3v) is 5.31. The van der Waals surface area contributed by atoms with Crippen LogP contribution < -0.4 is 5.73 Å². The maximum atomic E-state index is 10.8. The van der Waals surface area contributed by atoms with E-state index < -0.39 is 6.43 Å². The summed E-state index contributed by atoms with van der Waals surface area (Å²) in [5.74, 6) is 1.28. The van der Waals surface area contributed by atoms with Crippen molar-refractivity contribution in [1.29, 1.82) is 0 Å². The molecule has 3 heterocycles. The molecule has 0 saturated heterocycles. The molecule has 1 aliphatic rings. The highest BCUT2D eigenvalue weighted by Gasteiger charge is 2.10. The van der Waals surface area contributed by atoms with Gasteiger partial charge >= 0.3 is 0 Å². The Labute approximate surface area is 195 Å². The maximum absolute atomic E-state index is 10.8. The van der Waals surface area contributed by atoms with Crippen LogP contribution in [-0.2, 0) is 0 Å². The average Bonchev–Trinajstić information content (AvgIpc) is 3.19. The number of nitrogens with two attached hydrogens (primary N) is 1. The first-order valence-electron chi connectivity index (χ1n) is 11.6. The summed E-state index contributed by atoms with van der Waals surface area (Å²) < 4.78 is 23.2. The van der Waals surface area contributed by atoms with Crippen LogP contribution in [0.5, 0.6) is 0 Å². The number of halogens is 2. The van der Waals surface area contributed by atoms with Gasteiger partial charge in [0, 0.05) is 23.9 Å². The molecule has 0 aliphatic heterocycles. The van der Waals surface area contributed by atoms with Crippen molar-refractivity contribution in [2.24, 2.45) is 10.9 Å². The molecule has 0 aromatic carbocycles. The SMILES string of the molecule is CC(C)=Nc1ccc(-c2ccn3nc(N)ncc23)nc1C.CC1CCCCC1.CCC(F)F. The first kappa shape index (κ1) is 26.4. The minimum atomic E-state index is -2.12. The van der Waals surface area contributed by atoms with Gasteiger partial charge in [-0.1, -0.05) is 46.0 Å². The second kappa shape index (κ2) is 13.0. The van der Waals surface area contributed by atoms with Gasteiger partial charge in [0.2, 0.25) is 12.4 Å². The fourth-order valence-electron chi connectivity index (χ4n) is 3.50. The van der Waals surface area contributed by atoms with Gasteiger partial charge in [-0.3, -0.25) is 9.98 Å². The Kier molecular flexibility index (Phi) is 10.4. The lowest BCUT2D eigenvalue weighted by Crippen LogP contribution is -1.99. The standard InChI is InChI=1S/C15H16N6.C7H14.C3H6F2/c1-9(2)18-12-4-5-13(19-10(12)3)11-6-7-21-14(11)8-17-15(16)20-21;1-7-5-3-2-4-6-7;1-2-3(4)5/h4-8H,1-3H3,(H2,16,20);7H,2-6H2,1H3;3H,2H2,1H3. The quantitative estimate of drug-likeness (QED) is 0.427. The summed E-state index contributed by atoms with van der Waals surface area (Å²) >= 11 is 0. The predicted octanol–water partition coefficient (Wildman–Crippen LogP) is 7.04. The zero-order chi connectivity index (χ0) is 24.4. The number of pyridine rings is 1. The van der Waals surface area contributed by atoms with Gasteiger partial charge in [-0.15, -0.1) is 5.10 Å². The molecule has 3 aromatic heterocycles. The molecule has 4 rings (SSSR count). The van der Waals surface area contributed by atoms with Gasteiger partial charge in [-0.05, 0) is 44.9 Å².